The van der Waals surface area contributed by atoms with Crippen LogP contribution in [0.5, 0.6) is 0 Å². The van der Waals surface area contributed by atoms with Crippen LogP contribution in [-0.2, 0) is 9.53 Å². The molecule has 7 nitrogen and oxygen atoms in total. The lowest BCUT2D eigenvalue weighted by Crippen LogP contribution is -2.42. The van der Waals surface area contributed by atoms with E-state index in [0.717, 1.165) is 51.5 Å². The van der Waals surface area contributed by atoms with E-state index in [1.165, 1.54) is 0 Å². The number of likely N-dealkylation sites (tertiary alicyclic amines) is 1. The van der Waals surface area contributed by atoms with Gasteiger partial charge in [0.15, 0.2) is 5.82 Å². The number of nitrogens with zero attached hydrogens (tertiary/aromatic N) is 4. The molecule has 2 aliphatic heterocycles. The smallest absolute Gasteiger partial charge is 0.257 e. The van der Waals surface area contributed by atoms with Crippen molar-refractivity contribution in [1.82, 2.24) is 19.8 Å². The van der Waals surface area contributed by atoms with Gasteiger partial charge in [0, 0.05) is 31.7 Å². The molecule has 1 atom stereocenters. The predicted molar refractivity (Wildman–Crippen MR) is 104 cm³/mol. The Morgan fingerprint density at radius 2 is 1.75 bits per heavy atom. The summed E-state index contributed by atoms with van der Waals surface area (Å²) in [6.07, 6.45) is 9.00. The Labute approximate surface area is 166 Å². The highest BCUT2D eigenvalue weighted by atomic mass is 16.5. The van der Waals surface area contributed by atoms with Gasteiger partial charge in [-0.3, -0.25) is 9.59 Å². The van der Waals surface area contributed by atoms with E-state index in [2.05, 4.69) is 9.97 Å². The first-order valence-corrected chi connectivity index (χ1v) is 10.7. The second-order valence-corrected chi connectivity index (χ2v) is 8.16. The topological polar surface area (TPSA) is 75.6 Å². The Balaban J connectivity index is 1.53. The molecular formula is C21H30N4O3. The number of ether oxygens (including phenoxy) is 1. The molecular weight excluding hydrogens is 356 g/mol. The van der Waals surface area contributed by atoms with Gasteiger partial charge in [0.2, 0.25) is 5.91 Å². The summed E-state index contributed by atoms with van der Waals surface area (Å²) in [7, 11) is 0. The molecule has 7 heteroatoms. The number of morpholine rings is 1. The molecule has 0 radical (unpaired) electrons. The number of aromatic nitrogens is 2. The lowest BCUT2D eigenvalue weighted by Gasteiger charge is -2.36. The van der Waals surface area contributed by atoms with Crippen molar-refractivity contribution in [3.63, 3.8) is 0 Å². The highest BCUT2D eigenvalue weighted by molar-refractivity contribution is 5.95. The zero-order valence-electron chi connectivity index (χ0n) is 16.7. The van der Waals surface area contributed by atoms with E-state index in [1.54, 1.807) is 11.1 Å². The number of rotatable bonds is 3. The van der Waals surface area contributed by atoms with Crippen molar-refractivity contribution in [2.45, 2.75) is 57.9 Å². The Morgan fingerprint density at radius 3 is 2.46 bits per heavy atom. The Hall–Kier alpha value is -2.02. The summed E-state index contributed by atoms with van der Waals surface area (Å²) < 4.78 is 5.33. The molecule has 0 unspecified atom stereocenters. The molecule has 0 bridgehead atoms. The van der Waals surface area contributed by atoms with Crippen LogP contribution < -0.4 is 0 Å². The van der Waals surface area contributed by atoms with Crippen LogP contribution in [0.25, 0.3) is 0 Å². The average molecular weight is 386 g/mol. The monoisotopic (exact) mass is 386 g/mol. The van der Waals surface area contributed by atoms with Crippen molar-refractivity contribution in [2.75, 3.05) is 32.8 Å². The SMILES string of the molecule is Cc1nc([C@H]2CCCCN2C(=O)C2CCCC2)ncc1C(=O)N1CCOCC1. The first-order valence-electron chi connectivity index (χ1n) is 10.7. The quantitative estimate of drug-likeness (QED) is 0.798. The molecule has 1 saturated carbocycles. The Morgan fingerprint density at radius 1 is 1.04 bits per heavy atom. The van der Waals surface area contributed by atoms with Crippen molar-refractivity contribution >= 4 is 11.8 Å². The third-order valence-corrected chi connectivity index (χ3v) is 6.32. The van der Waals surface area contributed by atoms with Gasteiger partial charge in [0.25, 0.3) is 5.91 Å². The Bertz CT molecular complexity index is 726. The van der Waals surface area contributed by atoms with Crippen molar-refractivity contribution < 1.29 is 14.3 Å². The third-order valence-electron chi connectivity index (χ3n) is 6.32. The van der Waals surface area contributed by atoms with E-state index in [4.69, 9.17) is 4.74 Å². The molecule has 152 valence electrons. The predicted octanol–water partition coefficient (Wildman–Crippen LogP) is 2.50. The number of hydrogen-bond donors (Lipinski definition) is 0. The number of hydrogen-bond acceptors (Lipinski definition) is 5. The van der Waals surface area contributed by atoms with Gasteiger partial charge in [-0.05, 0) is 39.0 Å². The highest BCUT2D eigenvalue weighted by Crippen LogP contribution is 2.34. The molecule has 1 aromatic heterocycles. The van der Waals surface area contributed by atoms with E-state index >= 15 is 0 Å². The molecule has 4 rings (SSSR count). The third kappa shape index (κ3) is 3.90. The number of piperidine rings is 1. The van der Waals surface area contributed by atoms with E-state index in [1.807, 2.05) is 11.8 Å². The van der Waals surface area contributed by atoms with Gasteiger partial charge in [-0.15, -0.1) is 0 Å². The van der Waals surface area contributed by atoms with E-state index < -0.39 is 0 Å². The van der Waals surface area contributed by atoms with Gasteiger partial charge in [0.05, 0.1) is 30.5 Å². The molecule has 2 saturated heterocycles. The van der Waals surface area contributed by atoms with E-state index in [-0.39, 0.29) is 23.8 Å². The Kier molecular flexibility index (Phi) is 5.90. The summed E-state index contributed by atoms with van der Waals surface area (Å²) >= 11 is 0. The lowest BCUT2D eigenvalue weighted by atomic mass is 9.97. The summed E-state index contributed by atoms with van der Waals surface area (Å²) in [5.41, 5.74) is 1.25. The molecule has 3 fully saturated rings. The second-order valence-electron chi connectivity index (χ2n) is 8.16. The van der Waals surface area contributed by atoms with Gasteiger partial charge >= 0.3 is 0 Å². The number of carbonyl (C=O) groups excluding carboxylic acids is 2. The summed E-state index contributed by atoms with van der Waals surface area (Å²) in [5, 5.41) is 0. The fourth-order valence-corrected chi connectivity index (χ4v) is 4.66. The second kappa shape index (κ2) is 8.55. The molecule has 2 amide bonds. The van der Waals surface area contributed by atoms with E-state index in [0.29, 0.717) is 43.4 Å². The van der Waals surface area contributed by atoms with Gasteiger partial charge in [-0.25, -0.2) is 9.97 Å². The van der Waals surface area contributed by atoms with Crippen LogP contribution in [0.4, 0.5) is 0 Å². The molecule has 1 aromatic rings. The van der Waals surface area contributed by atoms with Crippen LogP contribution in [0, 0.1) is 12.8 Å². The van der Waals surface area contributed by atoms with Crippen LogP contribution in [0.1, 0.15) is 72.9 Å². The largest absolute Gasteiger partial charge is 0.378 e. The van der Waals surface area contributed by atoms with Gasteiger partial charge in [-0.1, -0.05) is 12.8 Å². The standard InChI is InChI=1S/C21H30N4O3/c1-15-17(21(27)24-10-12-28-13-11-24)14-22-19(23-15)18-8-4-5-9-25(18)20(26)16-6-2-3-7-16/h14,16,18H,2-13H2,1H3/t18-/m1/s1. The maximum atomic E-state index is 13.0. The van der Waals surface area contributed by atoms with Gasteiger partial charge < -0.3 is 14.5 Å². The van der Waals surface area contributed by atoms with Gasteiger partial charge in [-0.2, -0.15) is 0 Å². The van der Waals surface area contributed by atoms with E-state index in [9.17, 15) is 9.59 Å². The normalized spacial score (nSPS) is 23.8. The first-order chi connectivity index (χ1) is 13.6. The molecule has 0 N–H and O–H groups in total. The van der Waals surface area contributed by atoms with Crippen molar-refractivity contribution in [3.8, 4) is 0 Å². The molecule has 28 heavy (non-hydrogen) atoms. The fourth-order valence-electron chi connectivity index (χ4n) is 4.66. The number of carbonyl (C=O) groups is 2. The maximum absolute atomic E-state index is 13.0. The number of amides is 2. The maximum Gasteiger partial charge on any atom is 0.257 e. The fraction of sp³-hybridized carbons (Fsp3) is 0.714. The first kappa shape index (κ1) is 19.3. The molecule has 3 aliphatic rings. The van der Waals surface area contributed by atoms with Gasteiger partial charge in [0.1, 0.15) is 0 Å². The summed E-state index contributed by atoms with van der Waals surface area (Å²) in [4.78, 5) is 38.9. The number of aryl methyl sites for hydroxylation is 1. The summed E-state index contributed by atoms with van der Waals surface area (Å²) in [6, 6.07) is -0.0620. The van der Waals surface area contributed by atoms with Crippen LogP contribution in [0.2, 0.25) is 0 Å². The van der Waals surface area contributed by atoms with Crippen LogP contribution in [0.15, 0.2) is 6.20 Å². The molecule has 1 aliphatic carbocycles. The zero-order chi connectivity index (χ0) is 19.5. The van der Waals surface area contributed by atoms with Crippen LogP contribution in [0.3, 0.4) is 0 Å². The summed E-state index contributed by atoms with van der Waals surface area (Å²) in [6.45, 7) is 5.01. The molecule has 3 heterocycles. The zero-order valence-corrected chi connectivity index (χ0v) is 16.7. The minimum atomic E-state index is -0.0620. The van der Waals surface area contributed by atoms with Crippen molar-refractivity contribution in [3.05, 3.63) is 23.3 Å². The highest BCUT2D eigenvalue weighted by Gasteiger charge is 2.35. The minimum Gasteiger partial charge on any atom is -0.378 e. The van der Waals surface area contributed by atoms with Crippen molar-refractivity contribution in [2.24, 2.45) is 5.92 Å². The minimum absolute atomic E-state index is 0.0325. The van der Waals surface area contributed by atoms with Crippen LogP contribution >= 0.6 is 0 Å². The average Bonchev–Trinajstić information content (AvgIpc) is 3.28. The van der Waals surface area contributed by atoms with Crippen molar-refractivity contribution in [1.29, 1.82) is 0 Å². The van der Waals surface area contributed by atoms with Crippen LogP contribution in [-0.4, -0.2) is 64.4 Å². The molecule has 0 aromatic carbocycles. The summed E-state index contributed by atoms with van der Waals surface area (Å²) in [5.74, 6) is 1.10. The lowest BCUT2D eigenvalue weighted by molar-refractivity contribution is -0.139. The molecule has 0 spiro atoms.